The molecule has 4 saturated carbocycles. The number of hydrogen-bond acceptors (Lipinski definition) is 3. The van der Waals surface area contributed by atoms with Crippen LogP contribution in [0.4, 0.5) is 0 Å². The van der Waals surface area contributed by atoms with Crippen LogP contribution in [0.3, 0.4) is 0 Å². The van der Waals surface area contributed by atoms with Gasteiger partial charge in [-0.05, 0) is 91.6 Å². The molecule has 0 heterocycles. The summed E-state index contributed by atoms with van der Waals surface area (Å²) in [5.41, 5.74) is 3.63. The molecular formula is C27H42O4. The molecule has 0 aliphatic heterocycles. The maximum Gasteiger partial charge on any atom is 0.0811 e. The fraction of sp³-hybridized carbons (Fsp3) is 0.704. The van der Waals surface area contributed by atoms with E-state index in [9.17, 15) is 15.3 Å². The van der Waals surface area contributed by atoms with Gasteiger partial charge in [-0.3, -0.25) is 0 Å². The summed E-state index contributed by atoms with van der Waals surface area (Å²) in [6.07, 6.45) is 16.9. The lowest BCUT2D eigenvalue weighted by atomic mass is 9.61. The van der Waals surface area contributed by atoms with Gasteiger partial charge in [0.2, 0.25) is 0 Å². The van der Waals surface area contributed by atoms with Crippen molar-refractivity contribution in [1.82, 2.24) is 0 Å². The van der Waals surface area contributed by atoms with Gasteiger partial charge in [0.1, 0.15) is 0 Å². The third-order valence-corrected chi connectivity index (χ3v) is 8.65. The van der Waals surface area contributed by atoms with Crippen LogP contribution in [0.1, 0.15) is 71.6 Å². The Labute approximate surface area is 187 Å². The van der Waals surface area contributed by atoms with E-state index in [-0.39, 0.29) is 11.6 Å². The molecule has 0 radical (unpaired) electrons. The molecule has 4 aliphatic carbocycles. The van der Waals surface area contributed by atoms with Crippen molar-refractivity contribution in [3.05, 3.63) is 47.6 Å². The van der Waals surface area contributed by atoms with Crippen molar-refractivity contribution in [2.75, 3.05) is 0 Å². The fourth-order valence-corrected chi connectivity index (χ4v) is 6.63. The quantitative estimate of drug-likeness (QED) is 0.569. The number of fused-ring (bicyclic) bond motifs is 1. The number of hydrogen-bond donors (Lipinski definition) is 3. The predicted octanol–water partition coefficient (Wildman–Crippen LogP) is 4.27. The standard InChI is InChI=1S/C27H40O3.H2O/c1-17(6-13-25(29)20-8-9-20)23-11-12-24-19(5-4-14-27(23,24)3)7-10-21-15-22(28)16-26(30)18(21)2;/h6-7,10,13,17,20,22-26,28-30H,2,4-5,8-9,11-12,14-16H2,1,3H3;1H2/b13-6+,19-7+,21-10-;/t17-,22-,23-,24?,25-,26+,27?;/m1./s1. The molecule has 4 aliphatic rings. The Hall–Kier alpha value is -1.20. The Kier molecular flexibility index (Phi) is 7.68. The van der Waals surface area contributed by atoms with Crippen LogP contribution in [-0.2, 0) is 0 Å². The van der Waals surface area contributed by atoms with Crippen molar-refractivity contribution in [1.29, 1.82) is 0 Å². The summed E-state index contributed by atoms with van der Waals surface area (Å²) < 4.78 is 0. The van der Waals surface area contributed by atoms with Crippen LogP contribution in [0, 0.1) is 29.1 Å². The summed E-state index contributed by atoms with van der Waals surface area (Å²) in [5, 5.41) is 30.4. The molecular weight excluding hydrogens is 388 g/mol. The van der Waals surface area contributed by atoms with Crippen LogP contribution in [0.2, 0.25) is 0 Å². The molecule has 4 rings (SSSR count). The first-order valence-electron chi connectivity index (χ1n) is 12.1. The van der Waals surface area contributed by atoms with Crippen molar-refractivity contribution in [2.45, 2.75) is 89.9 Å². The zero-order chi connectivity index (χ0) is 21.5. The third-order valence-electron chi connectivity index (χ3n) is 8.65. The second-order valence-corrected chi connectivity index (χ2v) is 10.7. The number of aliphatic hydroxyl groups is 3. The Balaban J connectivity index is 0.00000272. The highest BCUT2D eigenvalue weighted by Gasteiger charge is 2.50. The molecule has 7 atom stereocenters. The SMILES string of the molecule is C=C1/C(=C\C=C2/CCCC3(C)C2CC[C@@H]3[C@H](C)/C=C/[C@@H](O)C2CC2)C[C@@H](O)C[C@@H]1O.O. The molecule has 174 valence electrons. The van der Waals surface area contributed by atoms with Gasteiger partial charge in [0, 0.05) is 6.42 Å². The van der Waals surface area contributed by atoms with Gasteiger partial charge < -0.3 is 20.8 Å². The lowest BCUT2D eigenvalue weighted by molar-refractivity contribution is 0.0862. The Morgan fingerprint density at radius 1 is 1.10 bits per heavy atom. The highest BCUT2D eigenvalue weighted by Crippen LogP contribution is 2.59. The second-order valence-electron chi connectivity index (χ2n) is 10.7. The van der Waals surface area contributed by atoms with E-state index >= 15 is 0 Å². The lowest BCUT2D eigenvalue weighted by Gasteiger charge is -2.44. The van der Waals surface area contributed by atoms with Crippen LogP contribution in [0.5, 0.6) is 0 Å². The van der Waals surface area contributed by atoms with Crippen molar-refractivity contribution < 1.29 is 20.8 Å². The molecule has 5 N–H and O–H groups in total. The molecule has 4 nitrogen and oxygen atoms in total. The molecule has 0 spiro atoms. The van der Waals surface area contributed by atoms with E-state index in [1.54, 1.807) is 0 Å². The van der Waals surface area contributed by atoms with E-state index in [0.29, 0.717) is 41.9 Å². The smallest absolute Gasteiger partial charge is 0.0811 e. The average Bonchev–Trinajstić information content (AvgIpc) is 3.49. The minimum Gasteiger partial charge on any atom is -0.412 e. The summed E-state index contributed by atoms with van der Waals surface area (Å²) in [4.78, 5) is 0. The molecule has 4 heteroatoms. The zero-order valence-electron chi connectivity index (χ0n) is 19.3. The van der Waals surface area contributed by atoms with Crippen LogP contribution in [-0.4, -0.2) is 39.1 Å². The van der Waals surface area contributed by atoms with Crippen molar-refractivity contribution in [2.24, 2.45) is 29.1 Å². The maximum atomic E-state index is 10.2. The first-order chi connectivity index (χ1) is 14.3. The minimum absolute atomic E-state index is 0. The minimum atomic E-state index is -0.621. The third kappa shape index (κ3) is 5.08. The Morgan fingerprint density at radius 2 is 1.84 bits per heavy atom. The van der Waals surface area contributed by atoms with E-state index in [0.717, 1.165) is 17.6 Å². The Bertz CT molecular complexity index is 746. The second kappa shape index (κ2) is 9.74. The van der Waals surface area contributed by atoms with Gasteiger partial charge in [-0.2, -0.15) is 0 Å². The maximum absolute atomic E-state index is 10.2. The van der Waals surface area contributed by atoms with Crippen LogP contribution in [0.15, 0.2) is 47.6 Å². The largest absolute Gasteiger partial charge is 0.412 e. The van der Waals surface area contributed by atoms with Gasteiger partial charge in [-0.1, -0.05) is 50.3 Å². The Morgan fingerprint density at radius 3 is 2.55 bits per heavy atom. The predicted molar refractivity (Wildman–Crippen MR) is 125 cm³/mol. The molecule has 0 bridgehead atoms. The molecule has 4 fully saturated rings. The topological polar surface area (TPSA) is 92.2 Å². The summed E-state index contributed by atoms with van der Waals surface area (Å²) in [7, 11) is 0. The van der Waals surface area contributed by atoms with Crippen LogP contribution in [0.25, 0.3) is 0 Å². The number of aliphatic hydroxyl groups excluding tert-OH is 3. The highest BCUT2D eigenvalue weighted by atomic mass is 16.3. The van der Waals surface area contributed by atoms with Crippen molar-refractivity contribution in [3.8, 4) is 0 Å². The molecule has 0 aromatic carbocycles. The molecule has 0 aromatic rings. The summed E-state index contributed by atoms with van der Waals surface area (Å²) in [5.74, 6) is 2.28. The van der Waals surface area contributed by atoms with E-state index in [2.05, 4.69) is 44.7 Å². The van der Waals surface area contributed by atoms with E-state index in [4.69, 9.17) is 0 Å². The van der Waals surface area contributed by atoms with E-state index in [1.165, 1.54) is 44.1 Å². The van der Waals surface area contributed by atoms with Crippen molar-refractivity contribution >= 4 is 0 Å². The molecule has 0 aromatic heterocycles. The number of rotatable bonds is 5. The van der Waals surface area contributed by atoms with Gasteiger partial charge in [0.15, 0.2) is 0 Å². The van der Waals surface area contributed by atoms with Gasteiger partial charge in [-0.15, -0.1) is 0 Å². The van der Waals surface area contributed by atoms with Gasteiger partial charge >= 0.3 is 0 Å². The van der Waals surface area contributed by atoms with Gasteiger partial charge in [0.25, 0.3) is 0 Å². The van der Waals surface area contributed by atoms with Crippen LogP contribution >= 0.6 is 0 Å². The van der Waals surface area contributed by atoms with Crippen LogP contribution < -0.4 is 0 Å². The van der Waals surface area contributed by atoms with E-state index in [1.807, 2.05) is 0 Å². The van der Waals surface area contributed by atoms with Gasteiger partial charge in [-0.25, -0.2) is 0 Å². The normalized spacial score (nSPS) is 40.7. The zero-order valence-corrected chi connectivity index (χ0v) is 19.3. The summed E-state index contributed by atoms with van der Waals surface area (Å²) in [6, 6.07) is 0. The summed E-state index contributed by atoms with van der Waals surface area (Å²) >= 11 is 0. The monoisotopic (exact) mass is 430 g/mol. The number of allylic oxidation sites excluding steroid dienone is 4. The summed E-state index contributed by atoms with van der Waals surface area (Å²) in [6.45, 7) is 8.88. The molecule has 0 saturated heterocycles. The first kappa shape index (κ1) is 24.4. The average molecular weight is 431 g/mol. The highest BCUT2D eigenvalue weighted by molar-refractivity contribution is 5.38. The molecule has 31 heavy (non-hydrogen) atoms. The fourth-order valence-electron chi connectivity index (χ4n) is 6.63. The lowest BCUT2D eigenvalue weighted by Crippen LogP contribution is -2.35. The van der Waals surface area contributed by atoms with Gasteiger partial charge in [0.05, 0.1) is 18.3 Å². The first-order valence-corrected chi connectivity index (χ1v) is 12.1. The molecule has 2 unspecified atom stereocenters. The van der Waals surface area contributed by atoms with Crippen molar-refractivity contribution in [3.63, 3.8) is 0 Å². The van der Waals surface area contributed by atoms with E-state index < -0.39 is 12.2 Å². The molecule has 0 amide bonds.